The number of piperazine rings is 1. The van der Waals surface area contributed by atoms with Crippen molar-refractivity contribution in [3.05, 3.63) is 59.4 Å². The lowest BCUT2D eigenvalue weighted by atomic mass is 10.2. The van der Waals surface area contributed by atoms with Crippen molar-refractivity contribution in [1.82, 2.24) is 24.6 Å². The molecule has 5 rings (SSSR count). The predicted molar refractivity (Wildman–Crippen MR) is 147 cm³/mol. The third-order valence-electron chi connectivity index (χ3n) is 7.11. The minimum Gasteiger partial charge on any atom is -0.394 e. The first kappa shape index (κ1) is 27.7. The van der Waals surface area contributed by atoms with Crippen LogP contribution in [-0.2, 0) is 0 Å². The Morgan fingerprint density at radius 2 is 1.74 bits per heavy atom. The number of nitrogens with two attached hydrogens (primary N) is 1. The van der Waals surface area contributed by atoms with E-state index in [9.17, 15) is 13.9 Å². The quantitative estimate of drug-likeness (QED) is 0.466. The SMILES string of the molecule is Cc1c(C=CCN2CCN(c3cc(F)cc(F)c3)CC2)cnn1-c1cc(N2CCC[C@H]2CO)nc(N)n1.Cl. The number of nitrogen functional groups attached to an aromatic ring is 1. The summed E-state index contributed by atoms with van der Waals surface area (Å²) in [6.45, 7) is 6.66. The number of hydrogen-bond acceptors (Lipinski definition) is 8. The number of aliphatic hydroxyl groups is 1. The van der Waals surface area contributed by atoms with Crippen molar-refractivity contribution >= 4 is 35.9 Å². The zero-order valence-corrected chi connectivity index (χ0v) is 22.1. The largest absolute Gasteiger partial charge is 0.394 e. The Labute approximate surface area is 227 Å². The van der Waals surface area contributed by atoms with Crippen molar-refractivity contribution < 1.29 is 13.9 Å². The van der Waals surface area contributed by atoms with Crippen molar-refractivity contribution in [2.45, 2.75) is 25.8 Å². The van der Waals surface area contributed by atoms with Crippen LogP contribution in [0.5, 0.6) is 0 Å². The smallest absolute Gasteiger partial charge is 0.224 e. The van der Waals surface area contributed by atoms with Crippen LogP contribution in [-0.4, -0.2) is 81.7 Å². The van der Waals surface area contributed by atoms with Crippen LogP contribution in [0.2, 0.25) is 0 Å². The van der Waals surface area contributed by atoms with Crippen molar-refractivity contribution in [2.75, 3.05) is 61.4 Å². The molecule has 38 heavy (non-hydrogen) atoms. The summed E-state index contributed by atoms with van der Waals surface area (Å²) in [6.07, 6.45) is 7.86. The van der Waals surface area contributed by atoms with Crippen molar-refractivity contribution in [2.24, 2.45) is 0 Å². The summed E-state index contributed by atoms with van der Waals surface area (Å²) in [5, 5.41) is 14.2. The lowest BCUT2D eigenvalue weighted by Gasteiger charge is -2.35. The average Bonchev–Trinajstić information content (AvgIpc) is 3.50. The third-order valence-corrected chi connectivity index (χ3v) is 7.11. The molecule has 3 N–H and O–H groups in total. The minimum absolute atomic E-state index is 0. The van der Waals surface area contributed by atoms with E-state index in [1.165, 1.54) is 12.1 Å². The molecule has 0 saturated carbocycles. The number of aliphatic hydroxyl groups excluding tert-OH is 1. The molecule has 4 heterocycles. The van der Waals surface area contributed by atoms with Crippen LogP contribution in [0.1, 0.15) is 24.1 Å². The highest BCUT2D eigenvalue weighted by Crippen LogP contribution is 2.26. The molecule has 2 fully saturated rings. The molecule has 204 valence electrons. The molecule has 2 aromatic heterocycles. The Morgan fingerprint density at radius 3 is 2.45 bits per heavy atom. The van der Waals surface area contributed by atoms with Crippen LogP contribution in [0, 0.1) is 18.6 Å². The van der Waals surface area contributed by atoms with Gasteiger partial charge in [-0.2, -0.15) is 15.1 Å². The van der Waals surface area contributed by atoms with Gasteiger partial charge in [0, 0.05) is 62.7 Å². The van der Waals surface area contributed by atoms with Crippen molar-refractivity contribution in [3.63, 3.8) is 0 Å². The fourth-order valence-corrected chi connectivity index (χ4v) is 5.08. The summed E-state index contributed by atoms with van der Waals surface area (Å²) in [4.78, 5) is 15.2. The highest BCUT2D eigenvalue weighted by atomic mass is 35.5. The molecule has 0 radical (unpaired) electrons. The monoisotopic (exact) mass is 546 g/mol. The number of hydrogen-bond donors (Lipinski definition) is 2. The molecule has 1 atom stereocenters. The Kier molecular flexibility index (Phi) is 8.80. The summed E-state index contributed by atoms with van der Waals surface area (Å²) < 4.78 is 28.9. The van der Waals surface area contributed by atoms with Gasteiger partial charge in [0.1, 0.15) is 17.5 Å². The second-order valence-electron chi connectivity index (χ2n) is 9.53. The summed E-state index contributed by atoms with van der Waals surface area (Å²) in [5.41, 5.74) is 8.51. The number of aromatic nitrogens is 4. The second-order valence-corrected chi connectivity index (χ2v) is 9.53. The molecule has 2 aliphatic rings. The standard InChI is InChI=1S/C26H32F2N8O.ClH/c1-18-19(4-2-6-33-8-10-34(11-9-33)23-13-20(27)12-21(28)14-23)16-30-36(18)25-15-24(31-26(29)32-25)35-7-3-5-22(35)17-37;/h2,4,12-16,22,37H,3,5-11,17H2,1H3,(H2,29,31,32);1H/t22-;/m0./s1. The Hall–Kier alpha value is -3.28. The number of benzene rings is 1. The number of nitrogens with zero attached hydrogens (tertiary/aromatic N) is 7. The van der Waals surface area contributed by atoms with Crippen LogP contribution in [0.25, 0.3) is 11.9 Å². The molecular weight excluding hydrogens is 514 g/mol. The number of rotatable bonds is 7. The maximum atomic E-state index is 13.6. The second kappa shape index (κ2) is 12.1. The first-order valence-corrected chi connectivity index (χ1v) is 12.6. The first-order chi connectivity index (χ1) is 17.9. The number of halogens is 3. The van der Waals surface area contributed by atoms with E-state index in [2.05, 4.69) is 30.9 Å². The molecule has 0 bridgehead atoms. The van der Waals surface area contributed by atoms with Gasteiger partial charge >= 0.3 is 0 Å². The Bertz CT molecular complexity index is 1260. The van der Waals surface area contributed by atoms with Gasteiger partial charge in [0.25, 0.3) is 0 Å². The Morgan fingerprint density at radius 1 is 1.03 bits per heavy atom. The summed E-state index contributed by atoms with van der Waals surface area (Å²) >= 11 is 0. The van der Waals surface area contributed by atoms with Crippen LogP contribution in [0.15, 0.2) is 36.5 Å². The molecule has 9 nitrogen and oxygen atoms in total. The predicted octanol–water partition coefficient (Wildman–Crippen LogP) is 3.05. The van der Waals surface area contributed by atoms with Crippen molar-refractivity contribution in [1.29, 1.82) is 0 Å². The zero-order valence-electron chi connectivity index (χ0n) is 21.3. The molecule has 0 spiro atoms. The normalized spacial score (nSPS) is 18.4. The molecular formula is C26H33ClF2N8O. The zero-order chi connectivity index (χ0) is 25.9. The van der Waals surface area contributed by atoms with Gasteiger partial charge < -0.3 is 20.6 Å². The van der Waals surface area contributed by atoms with Gasteiger partial charge in [0.2, 0.25) is 5.95 Å². The van der Waals surface area contributed by atoms with Gasteiger partial charge in [-0.05, 0) is 31.9 Å². The van der Waals surface area contributed by atoms with Crippen LogP contribution in [0.3, 0.4) is 0 Å². The van der Waals surface area contributed by atoms with E-state index in [1.54, 1.807) is 10.9 Å². The van der Waals surface area contributed by atoms with Gasteiger partial charge in [-0.3, -0.25) is 4.90 Å². The third kappa shape index (κ3) is 6.06. The van der Waals surface area contributed by atoms with E-state index >= 15 is 0 Å². The fraction of sp³-hybridized carbons (Fsp3) is 0.423. The topological polar surface area (TPSA) is 99.6 Å². The first-order valence-electron chi connectivity index (χ1n) is 12.6. The van der Waals surface area contributed by atoms with Crippen LogP contribution in [0.4, 0.5) is 26.2 Å². The highest BCUT2D eigenvalue weighted by molar-refractivity contribution is 5.85. The summed E-state index contributed by atoms with van der Waals surface area (Å²) in [6, 6.07) is 5.55. The molecule has 0 aliphatic carbocycles. The van der Waals surface area contributed by atoms with E-state index in [1.807, 2.05) is 24.0 Å². The molecule has 2 aliphatic heterocycles. The fourth-order valence-electron chi connectivity index (χ4n) is 5.08. The van der Waals surface area contributed by atoms with E-state index < -0.39 is 11.6 Å². The minimum atomic E-state index is -0.553. The van der Waals surface area contributed by atoms with Crippen LogP contribution >= 0.6 is 12.4 Å². The van der Waals surface area contributed by atoms with Gasteiger partial charge in [0.15, 0.2) is 5.82 Å². The van der Waals surface area contributed by atoms with E-state index in [0.717, 1.165) is 56.3 Å². The van der Waals surface area contributed by atoms with Crippen molar-refractivity contribution in [3.8, 4) is 5.82 Å². The van der Waals surface area contributed by atoms with E-state index in [-0.39, 0.29) is 31.0 Å². The van der Waals surface area contributed by atoms with Gasteiger partial charge in [-0.15, -0.1) is 12.4 Å². The molecule has 12 heteroatoms. The molecule has 1 aromatic carbocycles. The van der Waals surface area contributed by atoms with E-state index in [0.29, 0.717) is 30.4 Å². The van der Waals surface area contributed by atoms with E-state index in [4.69, 9.17) is 5.73 Å². The maximum absolute atomic E-state index is 13.6. The van der Waals surface area contributed by atoms with Gasteiger partial charge in [-0.25, -0.2) is 13.5 Å². The summed E-state index contributed by atoms with van der Waals surface area (Å²) in [5.74, 6) is 0.354. The lowest BCUT2D eigenvalue weighted by molar-refractivity contribution is 0.266. The average molecular weight is 547 g/mol. The Balaban J connectivity index is 0.00000336. The molecule has 0 amide bonds. The lowest BCUT2D eigenvalue weighted by Crippen LogP contribution is -2.46. The van der Waals surface area contributed by atoms with Gasteiger partial charge in [0.05, 0.1) is 24.5 Å². The molecule has 3 aromatic rings. The maximum Gasteiger partial charge on any atom is 0.224 e. The number of anilines is 3. The summed E-state index contributed by atoms with van der Waals surface area (Å²) in [7, 11) is 0. The van der Waals surface area contributed by atoms with Gasteiger partial charge in [-0.1, -0.05) is 12.2 Å². The van der Waals surface area contributed by atoms with Crippen LogP contribution < -0.4 is 15.5 Å². The molecule has 0 unspecified atom stereocenters. The highest BCUT2D eigenvalue weighted by Gasteiger charge is 2.26. The molecule has 2 saturated heterocycles.